The van der Waals surface area contributed by atoms with Crippen LogP contribution >= 0.6 is 0 Å². The van der Waals surface area contributed by atoms with Gasteiger partial charge < -0.3 is 15.2 Å². The van der Waals surface area contributed by atoms with Crippen molar-refractivity contribution in [1.82, 2.24) is 34.5 Å². The molecule has 0 saturated carbocycles. The van der Waals surface area contributed by atoms with Gasteiger partial charge in [0.15, 0.2) is 0 Å². The van der Waals surface area contributed by atoms with Crippen molar-refractivity contribution in [2.75, 3.05) is 38.7 Å². The number of benzene rings is 1. The highest BCUT2D eigenvalue weighted by atomic mass is 19.4. The summed E-state index contributed by atoms with van der Waals surface area (Å²) in [6, 6.07) is 6.16. The van der Waals surface area contributed by atoms with E-state index in [0.29, 0.717) is 41.7 Å². The molecule has 1 aliphatic rings. The summed E-state index contributed by atoms with van der Waals surface area (Å²) in [4.78, 5) is 6.28. The van der Waals surface area contributed by atoms with E-state index in [1.807, 2.05) is 4.90 Å². The maximum atomic E-state index is 14.7. The van der Waals surface area contributed by atoms with Gasteiger partial charge in [0.05, 0.1) is 25.3 Å². The molecule has 192 valence electrons. The normalized spacial score (nSPS) is 19.3. The zero-order chi connectivity index (χ0) is 25.4. The third-order valence-corrected chi connectivity index (χ3v) is 6.18. The molecule has 36 heavy (non-hydrogen) atoms. The fourth-order valence-electron chi connectivity index (χ4n) is 4.49. The van der Waals surface area contributed by atoms with Crippen LogP contribution in [0.1, 0.15) is 6.42 Å². The summed E-state index contributed by atoms with van der Waals surface area (Å²) >= 11 is 0. The summed E-state index contributed by atoms with van der Waals surface area (Å²) < 4.78 is 61.4. The van der Waals surface area contributed by atoms with Crippen LogP contribution in [0.4, 0.5) is 23.5 Å². The van der Waals surface area contributed by atoms with Crippen molar-refractivity contribution in [3.05, 3.63) is 30.5 Å². The van der Waals surface area contributed by atoms with E-state index in [0.717, 1.165) is 4.68 Å². The van der Waals surface area contributed by atoms with E-state index in [9.17, 15) is 17.6 Å². The number of ether oxygens (including phenoxy) is 1. The van der Waals surface area contributed by atoms with Crippen molar-refractivity contribution >= 4 is 22.5 Å². The number of alkyl halides is 4. The lowest BCUT2D eigenvalue weighted by molar-refractivity contribution is -0.142. The van der Waals surface area contributed by atoms with Crippen molar-refractivity contribution in [3.63, 3.8) is 0 Å². The molecule has 0 bridgehead atoms. The lowest BCUT2D eigenvalue weighted by atomic mass is 10.0. The Morgan fingerprint density at radius 1 is 1.25 bits per heavy atom. The summed E-state index contributed by atoms with van der Waals surface area (Å²) in [5.74, 6) is 0.412. The Kier molecular flexibility index (Phi) is 6.38. The fourth-order valence-corrected chi connectivity index (χ4v) is 4.49. The van der Waals surface area contributed by atoms with Crippen molar-refractivity contribution in [2.24, 2.45) is 0 Å². The molecule has 2 atom stereocenters. The number of hydrogen-bond acceptors (Lipinski definition) is 8. The van der Waals surface area contributed by atoms with Gasteiger partial charge in [0, 0.05) is 31.4 Å². The third-order valence-electron chi connectivity index (χ3n) is 6.18. The zero-order valence-corrected chi connectivity index (χ0v) is 19.3. The van der Waals surface area contributed by atoms with E-state index < -0.39 is 24.9 Å². The van der Waals surface area contributed by atoms with E-state index >= 15 is 0 Å². The van der Waals surface area contributed by atoms with Gasteiger partial charge in [-0.15, -0.1) is 10.2 Å². The van der Waals surface area contributed by atoms with Gasteiger partial charge in [0.1, 0.15) is 23.7 Å². The molecule has 0 unspecified atom stereocenters. The van der Waals surface area contributed by atoms with Crippen LogP contribution in [-0.4, -0.2) is 91.3 Å². The monoisotopic (exact) mass is 508 g/mol. The molecule has 0 radical (unpaired) electrons. The predicted molar refractivity (Wildman–Crippen MR) is 123 cm³/mol. The van der Waals surface area contributed by atoms with Crippen LogP contribution in [-0.2, 0) is 6.54 Å². The number of anilines is 1. The Hall–Kier alpha value is -3.52. The highest BCUT2D eigenvalue weighted by molar-refractivity contribution is 5.89. The maximum Gasteiger partial charge on any atom is 0.408 e. The highest BCUT2D eigenvalue weighted by Gasteiger charge is 2.31. The molecule has 1 aliphatic heterocycles. The Morgan fingerprint density at radius 3 is 2.81 bits per heavy atom. The van der Waals surface area contributed by atoms with E-state index in [1.165, 1.54) is 11.6 Å². The molecule has 1 fully saturated rings. The van der Waals surface area contributed by atoms with Crippen LogP contribution < -0.4 is 10.1 Å². The van der Waals surface area contributed by atoms with Crippen LogP contribution in [0.15, 0.2) is 30.5 Å². The van der Waals surface area contributed by atoms with Gasteiger partial charge in [-0.2, -0.15) is 18.2 Å². The van der Waals surface area contributed by atoms with E-state index in [1.54, 1.807) is 30.5 Å². The van der Waals surface area contributed by atoms with Crippen LogP contribution in [0.2, 0.25) is 0 Å². The summed E-state index contributed by atoms with van der Waals surface area (Å²) in [5, 5.41) is 24.0. The average Bonchev–Trinajstić information content (AvgIpc) is 3.43. The van der Waals surface area contributed by atoms with Gasteiger partial charge in [-0.25, -0.2) is 13.6 Å². The molecule has 4 aromatic rings. The Balaban J connectivity index is 1.45. The average molecular weight is 508 g/mol. The molecule has 5 rings (SSSR count). The quantitative estimate of drug-likeness (QED) is 0.367. The molecule has 0 amide bonds. The lowest BCUT2D eigenvalue weighted by Crippen LogP contribution is -2.48. The molecule has 0 aliphatic carbocycles. The van der Waals surface area contributed by atoms with Crippen LogP contribution in [0.5, 0.6) is 5.88 Å². The number of fused-ring (bicyclic) bond motifs is 2. The molecule has 10 nitrogen and oxygen atoms in total. The van der Waals surface area contributed by atoms with Crippen molar-refractivity contribution in [1.29, 1.82) is 0 Å². The number of β-amino-alcohol motifs (C(OH)–C–C–N with tert-alkyl or cyclic N) is 1. The summed E-state index contributed by atoms with van der Waals surface area (Å²) in [6.45, 7) is -0.0127. The number of aliphatic hydroxyl groups is 1. The van der Waals surface area contributed by atoms with E-state index in [-0.39, 0.29) is 30.5 Å². The minimum Gasteiger partial charge on any atom is -0.479 e. The first-order valence-electron chi connectivity index (χ1n) is 11.3. The minimum absolute atomic E-state index is 0.0220. The molecule has 1 aromatic carbocycles. The number of nitrogens with zero attached hydrogens (tertiary/aromatic N) is 7. The molecule has 1 saturated heterocycles. The maximum absolute atomic E-state index is 14.7. The molecular formula is C22H24F4N8O2. The Labute approximate surface area is 202 Å². The number of aliphatic hydroxyl groups excluding tert-OH is 1. The first-order valence-corrected chi connectivity index (χ1v) is 11.3. The van der Waals surface area contributed by atoms with Crippen molar-refractivity contribution in [2.45, 2.75) is 31.4 Å². The number of nitrogens with one attached hydrogen (secondary N) is 1. The lowest BCUT2D eigenvalue weighted by Gasteiger charge is -2.34. The number of aromatic nitrogens is 6. The van der Waals surface area contributed by atoms with Crippen LogP contribution in [0.25, 0.3) is 27.7 Å². The van der Waals surface area contributed by atoms with E-state index in [4.69, 9.17) is 9.84 Å². The summed E-state index contributed by atoms with van der Waals surface area (Å²) in [7, 11) is 1.44. The molecule has 4 heterocycles. The topological polar surface area (TPSA) is 106 Å². The molecule has 14 heteroatoms. The fraction of sp³-hybridized carbons (Fsp3) is 0.455. The first kappa shape index (κ1) is 24.2. The smallest absolute Gasteiger partial charge is 0.408 e. The minimum atomic E-state index is -4.44. The SMILES string of the molecule is COc1nc(N[C@H]2CCN(CCO)C[C@H]2F)nn2ccc(-c3ccc4nnn(CC(F)(F)F)c4c3)c12. The van der Waals surface area contributed by atoms with Gasteiger partial charge >= 0.3 is 6.18 Å². The molecule has 3 aromatic heterocycles. The van der Waals surface area contributed by atoms with Crippen molar-refractivity contribution < 1.29 is 27.4 Å². The first-order chi connectivity index (χ1) is 17.3. The van der Waals surface area contributed by atoms with Gasteiger partial charge in [0.2, 0.25) is 11.8 Å². The summed E-state index contributed by atoms with van der Waals surface area (Å²) in [5.41, 5.74) is 2.34. The predicted octanol–water partition coefficient (Wildman–Crippen LogP) is 2.53. The largest absolute Gasteiger partial charge is 0.479 e. The number of hydrogen-bond donors (Lipinski definition) is 2. The standard InChI is InChI=1S/C22H24F4N8O2/c1-36-20-19-14(13-2-3-17-18(10-13)34(31-29-17)12-22(24,25)26)4-7-33(19)30-21(28-20)27-16-5-6-32(8-9-35)11-15(16)23/h2-4,7,10,15-16,35H,5-6,8-9,11-12H2,1H3,(H,27,30)/t15-,16+/m1/s1. The second kappa shape index (κ2) is 9.50. The highest BCUT2D eigenvalue weighted by Crippen LogP contribution is 2.33. The van der Waals surface area contributed by atoms with Gasteiger partial charge in [0.25, 0.3) is 0 Å². The van der Waals surface area contributed by atoms with Gasteiger partial charge in [-0.3, -0.25) is 4.90 Å². The molecule has 2 N–H and O–H groups in total. The van der Waals surface area contributed by atoms with Crippen LogP contribution in [0.3, 0.4) is 0 Å². The number of methoxy groups -OCH3 is 1. The molecule has 0 spiro atoms. The second-order valence-electron chi connectivity index (χ2n) is 8.61. The number of piperidine rings is 1. The number of rotatable bonds is 7. The number of halogens is 4. The zero-order valence-electron chi connectivity index (χ0n) is 19.3. The summed E-state index contributed by atoms with van der Waals surface area (Å²) in [6.07, 6.45) is -3.42. The third kappa shape index (κ3) is 4.78. The van der Waals surface area contributed by atoms with Gasteiger partial charge in [-0.1, -0.05) is 11.3 Å². The Bertz CT molecular complexity index is 1370. The Morgan fingerprint density at radius 2 is 2.08 bits per heavy atom. The van der Waals surface area contributed by atoms with E-state index in [2.05, 4.69) is 25.7 Å². The molecular weight excluding hydrogens is 484 g/mol. The second-order valence-corrected chi connectivity index (χ2v) is 8.61. The van der Waals surface area contributed by atoms with Crippen molar-refractivity contribution in [3.8, 4) is 17.0 Å². The number of likely N-dealkylation sites (tertiary alicyclic amines) is 1. The van der Waals surface area contributed by atoms with Gasteiger partial charge in [-0.05, 0) is 30.2 Å². The van der Waals surface area contributed by atoms with Crippen LogP contribution in [0, 0.1) is 0 Å².